The molecule has 3 rings (SSSR count). The van der Waals surface area contributed by atoms with Gasteiger partial charge in [0.25, 0.3) is 0 Å². The Hall–Kier alpha value is -0.860. The van der Waals surface area contributed by atoms with E-state index < -0.39 is 0 Å². The van der Waals surface area contributed by atoms with E-state index in [1.165, 1.54) is 70.1 Å². The van der Waals surface area contributed by atoms with Gasteiger partial charge in [-0.15, -0.1) is 0 Å². The molecular weight excluding hydrogens is 256 g/mol. The van der Waals surface area contributed by atoms with E-state index in [1.54, 1.807) is 0 Å². The summed E-state index contributed by atoms with van der Waals surface area (Å²) in [6, 6.07) is 11.8. The summed E-state index contributed by atoms with van der Waals surface area (Å²) in [5, 5.41) is 3.88. The van der Waals surface area contributed by atoms with E-state index in [0.29, 0.717) is 6.04 Å². The molecule has 1 saturated carbocycles. The number of piperidine rings is 1. The van der Waals surface area contributed by atoms with Crippen molar-refractivity contribution in [3.63, 3.8) is 0 Å². The number of hydrogen-bond acceptors (Lipinski definition) is 2. The molecule has 1 aliphatic heterocycles. The molecule has 2 fully saturated rings. The summed E-state index contributed by atoms with van der Waals surface area (Å²) in [4.78, 5) is 2.64. The van der Waals surface area contributed by atoms with E-state index in [2.05, 4.69) is 40.5 Å². The van der Waals surface area contributed by atoms with Gasteiger partial charge in [-0.25, -0.2) is 0 Å². The van der Waals surface area contributed by atoms with Crippen LogP contribution < -0.4 is 5.32 Å². The van der Waals surface area contributed by atoms with Gasteiger partial charge in [0, 0.05) is 19.1 Å². The summed E-state index contributed by atoms with van der Waals surface area (Å²) in [6.07, 6.45) is 9.72. The molecule has 116 valence electrons. The van der Waals surface area contributed by atoms with Crippen LogP contribution in [0.3, 0.4) is 0 Å². The molecule has 0 bridgehead atoms. The Morgan fingerprint density at radius 2 is 1.67 bits per heavy atom. The van der Waals surface area contributed by atoms with Crippen LogP contribution in [0, 0.1) is 0 Å². The molecule has 0 spiro atoms. The Morgan fingerprint density at radius 1 is 0.905 bits per heavy atom. The number of hydrogen-bond donors (Lipinski definition) is 1. The van der Waals surface area contributed by atoms with E-state index in [-0.39, 0.29) is 0 Å². The Kier molecular flexibility index (Phi) is 5.70. The van der Waals surface area contributed by atoms with Crippen LogP contribution >= 0.6 is 0 Å². The monoisotopic (exact) mass is 286 g/mol. The summed E-state index contributed by atoms with van der Waals surface area (Å²) < 4.78 is 0. The molecule has 0 aromatic heterocycles. The molecule has 2 aliphatic rings. The topological polar surface area (TPSA) is 15.3 Å². The van der Waals surface area contributed by atoms with Crippen molar-refractivity contribution in [2.75, 3.05) is 26.2 Å². The lowest BCUT2D eigenvalue weighted by Crippen LogP contribution is -2.42. The number of likely N-dealkylation sites (tertiary alicyclic amines) is 1. The highest BCUT2D eigenvalue weighted by molar-refractivity contribution is 5.22. The summed E-state index contributed by atoms with van der Waals surface area (Å²) in [6.45, 7) is 5.02. The molecule has 1 aromatic rings. The standard InChI is InChI=1S/C19H30N2/c1-3-9-17(10-4-1)18-11-5-6-12-19(18)20-13-16-21-14-7-2-8-15-21/h1,3-4,9-10,18-20H,2,5-8,11-16H2. The van der Waals surface area contributed by atoms with E-state index in [9.17, 15) is 0 Å². The number of rotatable bonds is 5. The van der Waals surface area contributed by atoms with Crippen LogP contribution in [0.2, 0.25) is 0 Å². The lowest BCUT2D eigenvalue weighted by molar-refractivity contribution is 0.219. The first-order valence-corrected chi connectivity index (χ1v) is 8.94. The molecule has 1 aromatic carbocycles. The van der Waals surface area contributed by atoms with Gasteiger partial charge in [-0.2, -0.15) is 0 Å². The van der Waals surface area contributed by atoms with Crippen LogP contribution in [0.15, 0.2) is 30.3 Å². The Morgan fingerprint density at radius 3 is 2.48 bits per heavy atom. The Bertz CT molecular complexity index is 397. The van der Waals surface area contributed by atoms with Crippen molar-refractivity contribution in [3.05, 3.63) is 35.9 Å². The average Bonchev–Trinajstić information content (AvgIpc) is 2.57. The maximum Gasteiger partial charge on any atom is 0.0136 e. The first kappa shape index (κ1) is 15.1. The molecule has 21 heavy (non-hydrogen) atoms. The fourth-order valence-corrected chi connectivity index (χ4v) is 4.07. The lowest BCUT2D eigenvalue weighted by Gasteiger charge is -2.34. The maximum absolute atomic E-state index is 3.88. The SMILES string of the molecule is c1ccc(C2CCCCC2NCCN2CCCCC2)cc1. The first-order valence-electron chi connectivity index (χ1n) is 8.94. The van der Waals surface area contributed by atoms with Crippen LogP contribution in [0.25, 0.3) is 0 Å². The molecule has 2 heteroatoms. The normalized spacial score (nSPS) is 27.6. The third-order valence-corrected chi connectivity index (χ3v) is 5.28. The number of benzene rings is 1. The summed E-state index contributed by atoms with van der Waals surface area (Å²) in [5.74, 6) is 0.723. The summed E-state index contributed by atoms with van der Waals surface area (Å²) in [7, 11) is 0. The smallest absolute Gasteiger partial charge is 0.0136 e. The van der Waals surface area contributed by atoms with Gasteiger partial charge in [-0.1, -0.05) is 49.6 Å². The Labute approximate surface area is 129 Å². The first-order chi connectivity index (χ1) is 10.4. The van der Waals surface area contributed by atoms with Crippen molar-refractivity contribution in [1.82, 2.24) is 10.2 Å². The Balaban J connectivity index is 1.50. The molecule has 1 saturated heterocycles. The predicted octanol–water partition coefficient (Wildman–Crippen LogP) is 3.79. The zero-order valence-corrected chi connectivity index (χ0v) is 13.3. The maximum atomic E-state index is 3.88. The minimum Gasteiger partial charge on any atom is -0.312 e. The highest BCUT2D eigenvalue weighted by atomic mass is 15.1. The third-order valence-electron chi connectivity index (χ3n) is 5.28. The average molecular weight is 286 g/mol. The zero-order valence-electron chi connectivity index (χ0n) is 13.3. The van der Waals surface area contributed by atoms with Gasteiger partial charge in [0.1, 0.15) is 0 Å². The third kappa shape index (κ3) is 4.31. The van der Waals surface area contributed by atoms with Crippen LogP contribution in [0.1, 0.15) is 56.4 Å². The van der Waals surface area contributed by atoms with E-state index in [1.807, 2.05) is 0 Å². The second-order valence-corrected chi connectivity index (χ2v) is 6.76. The second-order valence-electron chi connectivity index (χ2n) is 6.76. The summed E-state index contributed by atoms with van der Waals surface area (Å²) >= 11 is 0. The van der Waals surface area contributed by atoms with Crippen LogP contribution in [-0.2, 0) is 0 Å². The van der Waals surface area contributed by atoms with Gasteiger partial charge in [0.2, 0.25) is 0 Å². The van der Waals surface area contributed by atoms with E-state index in [0.717, 1.165) is 12.5 Å². The number of nitrogens with zero attached hydrogens (tertiary/aromatic N) is 1. The lowest BCUT2D eigenvalue weighted by atomic mass is 9.80. The van der Waals surface area contributed by atoms with Crippen molar-refractivity contribution in [1.29, 1.82) is 0 Å². The molecule has 1 aliphatic carbocycles. The van der Waals surface area contributed by atoms with E-state index >= 15 is 0 Å². The fraction of sp³-hybridized carbons (Fsp3) is 0.684. The van der Waals surface area contributed by atoms with Crippen molar-refractivity contribution < 1.29 is 0 Å². The molecule has 0 amide bonds. The van der Waals surface area contributed by atoms with Crippen molar-refractivity contribution >= 4 is 0 Å². The fourth-order valence-electron chi connectivity index (χ4n) is 4.07. The molecule has 0 radical (unpaired) electrons. The van der Waals surface area contributed by atoms with Crippen LogP contribution in [-0.4, -0.2) is 37.1 Å². The quantitative estimate of drug-likeness (QED) is 0.886. The van der Waals surface area contributed by atoms with Gasteiger partial charge in [-0.05, 0) is 50.3 Å². The second kappa shape index (κ2) is 7.95. The molecular formula is C19H30N2. The molecule has 2 atom stereocenters. The molecule has 1 heterocycles. The van der Waals surface area contributed by atoms with Gasteiger partial charge in [-0.3, -0.25) is 0 Å². The van der Waals surface area contributed by atoms with E-state index in [4.69, 9.17) is 0 Å². The van der Waals surface area contributed by atoms with Crippen molar-refractivity contribution in [2.45, 2.75) is 56.9 Å². The number of nitrogens with one attached hydrogen (secondary N) is 1. The van der Waals surface area contributed by atoms with Gasteiger partial charge in [0.15, 0.2) is 0 Å². The van der Waals surface area contributed by atoms with Crippen molar-refractivity contribution in [2.24, 2.45) is 0 Å². The van der Waals surface area contributed by atoms with Crippen LogP contribution in [0.4, 0.5) is 0 Å². The molecule has 2 nitrogen and oxygen atoms in total. The largest absolute Gasteiger partial charge is 0.312 e. The highest BCUT2D eigenvalue weighted by Crippen LogP contribution is 2.32. The van der Waals surface area contributed by atoms with Gasteiger partial charge >= 0.3 is 0 Å². The molecule has 2 unspecified atom stereocenters. The minimum absolute atomic E-state index is 0.686. The zero-order chi connectivity index (χ0) is 14.3. The summed E-state index contributed by atoms with van der Waals surface area (Å²) in [5.41, 5.74) is 1.53. The van der Waals surface area contributed by atoms with Gasteiger partial charge < -0.3 is 10.2 Å². The van der Waals surface area contributed by atoms with Crippen molar-refractivity contribution in [3.8, 4) is 0 Å². The predicted molar refractivity (Wildman–Crippen MR) is 89.7 cm³/mol. The highest BCUT2D eigenvalue weighted by Gasteiger charge is 2.25. The van der Waals surface area contributed by atoms with Crippen LogP contribution in [0.5, 0.6) is 0 Å². The minimum atomic E-state index is 0.686. The molecule has 1 N–H and O–H groups in total. The van der Waals surface area contributed by atoms with Gasteiger partial charge in [0.05, 0.1) is 0 Å².